The molecule has 126 valence electrons. The van der Waals surface area contributed by atoms with Crippen molar-refractivity contribution in [1.82, 2.24) is 14.9 Å². The number of carbonyl (C=O) groups is 1. The van der Waals surface area contributed by atoms with Crippen molar-refractivity contribution in [2.24, 2.45) is 0 Å². The van der Waals surface area contributed by atoms with Gasteiger partial charge in [0.1, 0.15) is 0 Å². The first-order chi connectivity index (χ1) is 11.0. The third-order valence-corrected chi connectivity index (χ3v) is 4.78. The van der Waals surface area contributed by atoms with Crippen molar-refractivity contribution in [3.8, 4) is 0 Å². The van der Waals surface area contributed by atoms with Crippen molar-refractivity contribution in [2.75, 3.05) is 11.9 Å². The van der Waals surface area contributed by atoms with Gasteiger partial charge in [0.05, 0.1) is 5.69 Å². The van der Waals surface area contributed by atoms with Crippen molar-refractivity contribution >= 4 is 11.9 Å². The fraction of sp³-hybridized carbons (Fsp3) is 0.706. The molecule has 23 heavy (non-hydrogen) atoms. The number of H-pyrrole nitrogens is 1. The van der Waals surface area contributed by atoms with Gasteiger partial charge in [-0.2, -0.15) is 0 Å². The zero-order chi connectivity index (χ0) is 16.4. The minimum atomic E-state index is -0.165. The summed E-state index contributed by atoms with van der Waals surface area (Å²) in [7, 11) is 0. The normalized spacial score (nSPS) is 22.8. The summed E-state index contributed by atoms with van der Waals surface area (Å²) in [6, 6.07) is 2.11. The minimum absolute atomic E-state index is 0.0273. The Kier molecular flexibility index (Phi) is 4.68. The standard InChI is InChI=1S/C17H26N4O2/c1-11(2)18-17-19-14(9-15(22)20-17)12-8-16(23)21(10-12)13-6-4-3-5-7-13/h9,11-13H,3-8,10H2,1-2H3,(H2,18,19,20,22). The number of anilines is 1. The van der Waals surface area contributed by atoms with Crippen molar-refractivity contribution in [2.45, 2.75) is 70.4 Å². The highest BCUT2D eigenvalue weighted by Gasteiger charge is 2.36. The monoisotopic (exact) mass is 318 g/mol. The molecule has 2 fully saturated rings. The lowest BCUT2D eigenvalue weighted by molar-refractivity contribution is -0.130. The predicted octanol–water partition coefficient (Wildman–Crippen LogP) is 2.24. The number of aromatic amines is 1. The van der Waals surface area contributed by atoms with Gasteiger partial charge in [-0.25, -0.2) is 4.98 Å². The van der Waals surface area contributed by atoms with E-state index in [4.69, 9.17) is 0 Å². The second kappa shape index (κ2) is 6.72. The Hall–Kier alpha value is -1.85. The molecule has 2 heterocycles. The van der Waals surface area contributed by atoms with Crippen LogP contribution in [0.5, 0.6) is 0 Å². The van der Waals surface area contributed by atoms with E-state index in [0.29, 0.717) is 25.0 Å². The molecule has 1 amide bonds. The maximum Gasteiger partial charge on any atom is 0.252 e. The largest absolute Gasteiger partial charge is 0.354 e. The molecule has 2 N–H and O–H groups in total. The van der Waals surface area contributed by atoms with Crippen LogP contribution in [0.1, 0.15) is 64.0 Å². The minimum Gasteiger partial charge on any atom is -0.354 e. The van der Waals surface area contributed by atoms with E-state index in [-0.39, 0.29) is 23.4 Å². The molecular weight excluding hydrogens is 292 g/mol. The van der Waals surface area contributed by atoms with Crippen LogP contribution in [0.2, 0.25) is 0 Å². The molecule has 6 heteroatoms. The van der Waals surface area contributed by atoms with Gasteiger partial charge in [0.2, 0.25) is 11.9 Å². The first-order valence-corrected chi connectivity index (χ1v) is 8.70. The molecule has 0 bridgehead atoms. The molecule has 1 saturated heterocycles. The SMILES string of the molecule is CC(C)Nc1nc(C2CC(=O)N(C3CCCCC3)C2)cc(=O)[nH]1. The van der Waals surface area contributed by atoms with Crippen LogP contribution >= 0.6 is 0 Å². The topological polar surface area (TPSA) is 78.1 Å². The van der Waals surface area contributed by atoms with Crippen molar-refractivity contribution in [3.63, 3.8) is 0 Å². The summed E-state index contributed by atoms with van der Waals surface area (Å²) >= 11 is 0. The molecule has 0 radical (unpaired) electrons. The highest BCUT2D eigenvalue weighted by molar-refractivity contribution is 5.80. The summed E-state index contributed by atoms with van der Waals surface area (Å²) < 4.78 is 0. The lowest BCUT2D eigenvalue weighted by Crippen LogP contribution is -2.37. The van der Waals surface area contributed by atoms with Gasteiger partial charge in [-0.1, -0.05) is 19.3 Å². The molecule has 1 atom stereocenters. The highest BCUT2D eigenvalue weighted by Crippen LogP contribution is 2.32. The van der Waals surface area contributed by atoms with Crippen LogP contribution in [0.3, 0.4) is 0 Å². The summed E-state index contributed by atoms with van der Waals surface area (Å²) in [6.45, 7) is 4.69. The Labute approximate surface area is 136 Å². The van der Waals surface area contributed by atoms with Crippen LogP contribution in [-0.4, -0.2) is 39.4 Å². The molecular formula is C17H26N4O2. The van der Waals surface area contributed by atoms with Gasteiger partial charge in [-0.3, -0.25) is 14.6 Å². The molecule has 3 rings (SSSR count). The van der Waals surface area contributed by atoms with Gasteiger partial charge in [0.15, 0.2) is 0 Å². The zero-order valence-corrected chi connectivity index (χ0v) is 14.0. The lowest BCUT2D eigenvalue weighted by Gasteiger charge is -2.31. The first-order valence-electron chi connectivity index (χ1n) is 8.70. The average molecular weight is 318 g/mol. The van der Waals surface area contributed by atoms with E-state index >= 15 is 0 Å². The quantitative estimate of drug-likeness (QED) is 0.892. The van der Waals surface area contributed by atoms with Crippen LogP contribution in [0, 0.1) is 0 Å². The first kappa shape index (κ1) is 16.0. The van der Waals surface area contributed by atoms with Gasteiger partial charge in [0.25, 0.3) is 5.56 Å². The molecule has 1 unspecified atom stereocenters. The summed E-state index contributed by atoms with van der Waals surface area (Å²) in [5.41, 5.74) is 0.560. The van der Waals surface area contributed by atoms with E-state index in [2.05, 4.69) is 15.3 Å². The average Bonchev–Trinajstić information content (AvgIpc) is 2.89. The van der Waals surface area contributed by atoms with Gasteiger partial charge in [-0.05, 0) is 26.7 Å². The Bertz CT molecular complexity index is 619. The Morgan fingerprint density at radius 2 is 2.00 bits per heavy atom. The second-order valence-electron chi connectivity index (χ2n) is 7.06. The Morgan fingerprint density at radius 1 is 1.26 bits per heavy atom. The van der Waals surface area contributed by atoms with Gasteiger partial charge in [-0.15, -0.1) is 0 Å². The number of nitrogens with one attached hydrogen (secondary N) is 2. The van der Waals surface area contributed by atoms with Crippen molar-refractivity contribution in [1.29, 1.82) is 0 Å². The predicted molar refractivity (Wildman–Crippen MR) is 89.6 cm³/mol. The van der Waals surface area contributed by atoms with Crippen LogP contribution < -0.4 is 10.9 Å². The second-order valence-corrected chi connectivity index (χ2v) is 7.06. The zero-order valence-electron chi connectivity index (χ0n) is 14.0. The molecule has 1 aromatic heterocycles. The molecule has 1 aliphatic heterocycles. The van der Waals surface area contributed by atoms with Crippen LogP contribution in [-0.2, 0) is 4.79 Å². The van der Waals surface area contributed by atoms with Gasteiger partial charge in [0, 0.05) is 37.0 Å². The summed E-state index contributed by atoms with van der Waals surface area (Å²) in [5.74, 6) is 0.729. The molecule has 2 aliphatic rings. The number of amides is 1. The molecule has 0 spiro atoms. The van der Waals surface area contributed by atoms with E-state index in [1.54, 1.807) is 0 Å². The van der Waals surface area contributed by atoms with Crippen LogP contribution in [0.15, 0.2) is 10.9 Å². The smallest absolute Gasteiger partial charge is 0.252 e. The molecule has 1 aliphatic carbocycles. The summed E-state index contributed by atoms with van der Waals surface area (Å²) in [5, 5.41) is 3.13. The number of hydrogen-bond donors (Lipinski definition) is 2. The van der Waals surface area contributed by atoms with E-state index < -0.39 is 0 Å². The Morgan fingerprint density at radius 3 is 2.70 bits per heavy atom. The van der Waals surface area contributed by atoms with E-state index in [1.807, 2.05) is 18.7 Å². The van der Waals surface area contributed by atoms with E-state index in [9.17, 15) is 9.59 Å². The van der Waals surface area contributed by atoms with Crippen LogP contribution in [0.25, 0.3) is 0 Å². The van der Waals surface area contributed by atoms with Crippen molar-refractivity contribution < 1.29 is 4.79 Å². The fourth-order valence-corrected chi connectivity index (χ4v) is 3.70. The number of aromatic nitrogens is 2. The van der Waals surface area contributed by atoms with E-state index in [1.165, 1.54) is 25.3 Å². The third-order valence-electron chi connectivity index (χ3n) is 4.78. The number of rotatable bonds is 4. The third kappa shape index (κ3) is 3.74. The molecule has 1 aromatic rings. The number of nitrogens with zero attached hydrogens (tertiary/aromatic N) is 2. The fourth-order valence-electron chi connectivity index (χ4n) is 3.70. The number of likely N-dealkylation sites (tertiary alicyclic amines) is 1. The van der Waals surface area contributed by atoms with Gasteiger partial charge >= 0.3 is 0 Å². The molecule has 6 nitrogen and oxygen atoms in total. The summed E-state index contributed by atoms with van der Waals surface area (Å²) in [4.78, 5) is 33.5. The summed E-state index contributed by atoms with van der Waals surface area (Å²) in [6.07, 6.45) is 6.40. The van der Waals surface area contributed by atoms with Crippen LogP contribution in [0.4, 0.5) is 5.95 Å². The maximum atomic E-state index is 12.4. The highest BCUT2D eigenvalue weighted by atomic mass is 16.2. The van der Waals surface area contributed by atoms with Gasteiger partial charge < -0.3 is 10.2 Å². The van der Waals surface area contributed by atoms with E-state index in [0.717, 1.165) is 18.5 Å². The maximum absolute atomic E-state index is 12.4. The Balaban J connectivity index is 1.76. The number of hydrogen-bond acceptors (Lipinski definition) is 4. The molecule has 0 aromatic carbocycles. The lowest BCUT2D eigenvalue weighted by atomic mass is 9.94. The molecule has 1 saturated carbocycles. The number of carbonyl (C=O) groups excluding carboxylic acids is 1. The van der Waals surface area contributed by atoms with Crippen molar-refractivity contribution in [3.05, 3.63) is 22.1 Å².